The van der Waals surface area contributed by atoms with Crippen LogP contribution in [0.1, 0.15) is 58.9 Å². The molecule has 3 amide bonds. The zero-order chi connectivity index (χ0) is 31.0. The molecule has 0 aliphatic rings. The molecular formula is C30H39N7O5. The second kappa shape index (κ2) is 13.9. The van der Waals surface area contributed by atoms with Crippen LogP contribution in [0, 0.1) is 11.3 Å². The van der Waals surface area contributed by atoms with Gasteiger partial charge in [-0.1, -0.05) is 44.2 Å². The molecule has 0 saturated heterocycles. The Balaban J connectivity index is 1.73. The van der Waals surface area contributed by atoms with E-state index in [1.807, 2.05) is 36.4 Å². The minimum atomic E-state index is -0.993. The molecule has 2 aromatic heterocycles. The van der Waals surface area contributed by atoms with Gasteiger partial charge in [0.2, 0.25) is 11.8 Å². The molecule has 3 aromatic rings. The van der Waals surface area contributed by atoms with Gasteiger partial charge in [-0.2, -0.15) is 5.10 Å². The highest BCUT2D eigenvalue weighted by Crippen LogP contribution is 2.24. The molecule has 0 bridgehead atoms. The number of hydrazine groups is 1. The lowest BCUT2D eigenvalue weighted by atomic mass is 9.89. The molecule has 0 aliphatic heterocycles. The summed E-state index contributed by atoms with van der Waals surface area (Å²) in [6.07, 6.45) is 6.31. The van der Waals surface area contributed by atoms with E-state index in [1.165, 1.54) is 11.6 Å². The van der Waals surface area contributed by atoms with Gasteiger partial charge < -0.3 is 15.4 Å². The number of nitrogens with one attached hydrogen (secondary N) is 3. The number of fused-ring (bicyclic) bond motifs is 1. The maximum Gasteiger partial charge on any atom is 0.303 e. The van der Waals surface area contributed by atoms with E-state index in [2.05, 4.69) is 26.1 Å². The number of hydrogen-bond donors (Lipinski definition) is 4. The summed E-state index contributed by atoms with van der Waals surface area (Å²) >= 11 is 0. The van der Waals surface area contributed by atoms with Crippen LogP contribution in [0.3, 0.4) is 0 Å². The quantitative estimate of drug-likeness (QED) is 0.110. The summed E-state index contributed by atoms with van der Waals surface area (Å²) in [6.45, 7) is 10.3. The van der Waals surface area contributed by atoms with E-state index in [0.717, 1.165) is 16.5 Å². The van der Waals surface area contributed by atoms with E-state index >= 15 is 0 Å². The van der Waals surface area contributed by atoms with Gasteiger partial charge in [0, 0.05) is 24.7 Å². The largest absolute Gasteiger partial charge is 0.456 e. The molecule has 42 heavy (non-hydrogen) atoms. The van der Waals surface area contributed by atoms with E-state index in [4.69, 9.17) is 10.6 Å². The first-order valence-electron chi connectivity index (χ1n) is 13.7. The van der Waals surface area contributed by atoms with Crippen molar-refractivity contribution in [2.45, 2.75) is 66.3 Å². The molecule has 5 N–H and O–H groups in total. The molecule has 1 unspecified atom stereocenters. The third-order valence-electron chi connectivity index (χ3n) is 6.71. The number of hydrogen-bond acceptors (Lipinski definition) is 8. The number of benzene rings is 1. The number of ether oxygens (including phenoxy) is 1. The van der Waals surface area contributed by atoms with Crippen molar-refractivity contribution in [3.63, 3.8) is 0 Å². The Morgan fingerprint density at radius 1 is 1.07 bits per heavy atom. The van der Waals surface area contributed by atoms with Gasteiger partial charge in [0.15, 0.2) is 0 Å². The molecule has 224 valence electrons. The van der Waals surface area contributed by atoms with Gasteiger partial charge in [-0.15, -0.1) is 0 Å². The number of aromatic nitrogens is 3. The van der Waals surface area contributed by atoms with Crippen LogP contribution < -0.4 is 21.9 Å². The summed E-state index contributed by atoms with van der Waals surface area (Å²) in [7, 11) is 0. The first-order chi connectivity index (χ1) is 19.8. The van der Waals surface area contributed by atoms with Crippen LogP contribution in [-0.4, -0.2) is 50.5 Å². The van der Waals surface area contributed by atoms with Gasteiger partial charge in [-0.05, 0) is 50.5 Å². The molecular weight excluding hydrogens is 538 g/mol. The zero-order valence-corrected chi connectivity index (χ0v) is 24.8. The standard InChI is InChI=1S/C30H39N7O5/c1-18(2)26(28(40)34-25(27(39)36-31)17-37-15-7-14-32-37)35-29(41)30(5,6)13-12-21-8-9-22-10-11-23(33-24(22)16-21)19(3)42-20(4)38/h7-16,18-19,25-26H,17,31H2,1-6H3,(H,34,40)(H,35,41)(H,36,39)/b13-12+/t19-,25?,26+/m1/s1. The number of amides is 3. The molecule has 3 atom stereocenters. The highest BCUT2D eigenvalue weighted by molar-refractivity contribution is 5.94. The van der Waals surface area contributed by atoms with Crippen molar-refractivity contribution in [3.05, 3.63) is 66.1 Å². The van der Waals surface area contributed by atoms with E-state index in [1.54, 1.807) is 59.2 Å². The van der Waals surface area contributed by atoms with Crippen molar-refractivity contribution < 1.29 is 23.9 Å². The van der Waals surface area contributed by atoms with Crippen LogP contribution in [0.15, 0.2) is 54.9 Å². The van der Waals surface area contributed by atoms with Crippen LogP contribution in [0.5, 0.6) is 0 Å². The number of carbonyl (C=O) groups is 4. The Morgan fingerprint density at radius 2 is 1.79 bits per heavy atom. The first kappa shape index (κ1) is 31.9. The number of esters is 1. The van der Waals surface area contributed by atoms with Crippen molar-refractivity contribution >= 4 is 40.7 Å². The predicted octanol–water partition coefficient (Wildman–Crippen LogP) is 2.41. The molecule has 0 radical (unpaired) electrons. The lowest BCUT2D eigenvalue weighted by Gasteiger charge is -2.28. The summed E-state index contributed by atoms with van der Waals surface area (Å²) < 4.78 is 6.74. The second-order valence-corrected chi connectivity index (χ2v) is 11.0. The van der Waals surface area contributed by atoms with Gasteiger partial charge in [-0.3, -0.25) is 29.3 Å². The second-order valence-electron chi connectivity index (χ2n) is 11.0. The van der Waals surface area contributed by atoms with Gasteiger partial charge in [0.05, 0.1) is 23.2 Å². The van der Waals surface area contributed by atoms with Crippen LogP contribution >= 0.6 is 0 Å². The summed E-state index contributed by atoms with van der Waals surface area (Å²) in [5.41, 5.74) is 3.25. The number of pyridine rings is 1. The fourth-order valence-electron chi connectivity index (χ4n) is 4.18. The number of carbonyl (C=O) groups excluding carboxylic acids is 4. The molecule has 0 aliphatic carbocycles. The number of nitrogens with two attached hydrogens (primary N) is 1. The Kier molecular flexibility index (Phi) is 10.5. The smallest absolute Gasteiger partial charge is 0.303 e. The fourth-order valence-corrected chi connectivity index (χ4v) is 4.18. The van der Waals surface area contributed by atoms with E-state index in [9.17, 15) is 19.2 Å². The summed E-state index contributed by atoms with van der Waals surface area (Å²) in [5, 5.41) is 10.5. The SMILES string of the molecule is CC(=O)O[C@H](C)c1ccc2ccc(/C=C/C(C)(C)C(=O)N[C@H](C(=O)NC(Cn3cccn3)C(=O)NN)C(C)C)cc2n1. The maximum atomic E-state index is 13.3. The zero-order valence-electron chi connectivity index (χ0n) is 24.8. The molecule has 12 nitrogen and oxygen atoms in total. The Labute approximate surface area is 245 Å². The van der Waals surface area contributed by atoms with E-state index in [0.29, 0.717) is 5.69 Å². The van der Waals surface area contributed by atoms with Crippen molar-refractivity contribution in [1.82, 2.24) is 30.8 Å². The minimum absolute atomic E-state index is 0.0690. The minimum Gasteiger partial charge on any atom is -0.456 e. The Bertz CT molecular complexity index is 1450. The van der Waals surface area contributed by atoms with Crippen LogP contribution in [0.4, 0.5) is 0 Å². The van der Waals surface area contributed by atoms with Crippen molar-refractivity contribution in [2.24, 2.45) is 17.2 Å². The summed E-state index contributed by atoms with van der Waals surface area (Å²) in [4.78, 5) is 54.9. The van der Waals surface area contributed by atoms with Crippen LogP contribution in [0.2, 0.25) is 0 Å². The van der Waals surface area contributed by atoms with Gasteiger partial charge in [0.25, 0.3) is 5.91 Å². The third kappa shape index (κ3) is 8.46. The molecule has 12 heteroatoms. The van der Waals surface area contributed by atoms with E-state index in [-0.39, 0.29) is 24.3 Å². The maximum absolute atomic E-state index is 13.3. The molecule has 0 fully saturated rings. The average molecular weight is 578 g/mol. The average Bonchev–Trinajstić information content (AvgIpc) is 3.46. The first-order valence-corrected chi connectivity index (χ1v) is 13.7. The normalized spacial score (nSPS) is 13.9. The van der Waals surface area contributed by atoms with Crippen molar-refractivity contribution in [2.75, 3.05) is 0 Å². The Morgan fingerprint density at radius 3 is 2.40 bits per heavy atom. The Hall–Kier alpha value is -4.58. The van der Waals surface area contributed by atoms with Crippen molar-refractivity contribution in [1.29, 1.82) is 0 Å². The summed E-state index contributed by atoms with van der Waals surface area (Å²) in [6, 6.07) is 9.26. The molecule has 0 spiro atoms. The summed E-state index contributed by atoms with van der Waals surface area (Å²) in [5.74, 6) is 3.20. The molecule has 1 aromatic carbocycles. The van der Waals surface area contributed by atoms with E-state index < -0.39 is 35.4 Å². The fraction of sp³-hybridized carbons (Fsp3) is 0.400. The predicted molar refractivity (Wildman–Crippen MR) is 158 cm³/mol. The number of rotatable bonds is 12. The van der Waals surface area contributed by atoms with Crippen LogP contribution in [-0.2, 0) is 30.5 Å². The van der Waals surface area contributed by atoms with Crippen LogP contribution in [0.25, 0.3) is 17.0 Å². The number of nitrogens with zero attached hydrogens (tertiary/aromatic N) is 3. The third-order valence-corrected chi connectivity index (χ3v) is 6.71. The van der Waals surface area contributed by atoms with Gasteiger partial charge in [0.1, 0.15) is 18.2 Å². The molecule has 2 heterocycles. The lowest BCUT2D eigenvalue weighted by molar-refractivity contribution is -0.146. The lowest BCUT2D eigenvalue weighted by Crippen LogP contribution is -2.58. The highest BCUT2D eigenvalue weighted by Gasteiger charge is 2.33. The van der Waals surface area contributed by atoms with Crippen molar-refractivity contribution in [3.8, 4) is 0 Å². The monoisotopic (exact) mass is 577 g/mol. The molecule has 0 saturated carbocycles. The highest BCUT2D eigenvalue weighted by atomic mass is 16.5. The van der Waals surface area contributed by atoms with Gasteiger partial charge in [-0.25, -0.2) is 10.8 Å². The topological polar surface area (TPSA) is 170 Å². The molecule has 3 rings (SSSR count). The van der Waals surface area contributed by atoms with Gasteiger partial charge >= 0.3 is 5.97 Å².